The summed E-state index contributed by atoms with van der Waals surface area (Å²) in [6, 6.07) is 19.2. The molecule has 1 N–H and O–H groups in total. The molecule has 0 unspecified atom stereocenters. The van der Waals surface area contributed by atoms with Gasteiger partial charge in [-0.3, -0.25) is 9.55 Å². The van der Waals surface area contributed by atoms with Crippen molar-refractivity contribution in [2.75, 3.05) is 18.5 Å². The smallest absolute Gasteiger partial charge is 0.351 e. The highest BCUT2D eigenvalue weighted by Gasteiger charge is 2.26. The molecule has 0 bridgehead atoms. The first kappa shape index (κ1) is 24.6. The predicted molar refractivity (Wildman–Crippen MR) is 137 cm³/mol. The van der Waals surface area contributed by atoms with Gasteiger partial charge in [0.1, 0.15) is 0 Å². The fourth-order valence-corrected chi connectivity index (χ4v) is 5.42. The summed E-state index contributed by atoms with van der Waals surface area (Å²) in [4.78, 5) is 8.91. The molecule has 2 aromatic heterocycles. The highest BCUT2D eigenvalue weighted by atomic mass is 31.2. The van der Waals surface area contributed by atoms with Crippen LogP contribution >= 0.6 is 7.60 Å². The van der Waals surface area contributed by atoms with Crippen molar-refractivity contribution in [2.24, 2.45) is 0 Å². The van der Waals surface area contributed by atoms with Crippen molar-refractivity contribution in [1.29, 1.82) is 5.26 Å². The number of imidazole rings is 1. The molecule has 4 rings (SSSR count). The summed E-state index contributed by atoms with van der Waals surface area (Å²) in [5, 5.41) is 13.2. The number of benzene rings is 2. The van der Waals surface area contributed by atoms with E-state index in [2.05, 4.69) is 20.9 Å². The fraction of sp³-hybridized carbons (Fsp3) is 0.269. The third-order valence-corrected chi connectivity index (χ3v) is 7.65. The predicted octanol–water partition coefficient (Wildman–Crippen LogP) is 5.05. The van der Waals surface area contributed by atoms with Crippen LogP contribution < -0.4 is 10.6 Å². The van der Waals surface area contributed by atoms with E-state index in [4.69, 9.17) is 14.0 Å². The molecule has 0 fully saturated rings. The number of aryl methyl sites for hydroxylation is 2. The van der Waals surface area contributed by atoms with Crippen LogP contribution in [0.15, 0.2) is 67.0 Å². The molecule has 0 radical (unpaired) electrons. The fourth-order valence-electron chi connectivity index (χ4n) is 3.86. The minimum Gasteiger partial charge on any atom is -0.351 e. The van der Waals surface area contributed by atoms with Crippen LogP contribution in [0.25, 0.3) is 11.0 Å². The number of nitrogens with one attached hydrogen (secondary N) is 1. The van der Waals surface area contributed by atoms with E-state index in [9.17, 15) is 9.83 Å². The van der Waals surface area contributed by atoms with Gasteiger partial charge in [-0.1, -0.05) is 18.2 Å². The van der Waals surface area contributed by atoms with Crippen LogP contribution in [0, 0.1) is 11.3 Å². The number of nitrogens with zero attached hydrogens (tertiary/aromatic N) is 4. The molecule has 0 aliphatic heterocycles. The van der Waals surface area contributed by atoms with Gasteiger partial charge in [0.05, 0.1) is 41.2 Å². The lowest BCUT2D eigenvalue weighted by Gasteiger charge is -2.17. The second-order valence-corrected chi connectivity index (χ2v) is 9.89. The monoisotopic (exact) mass is 489 g/mol. The summed E-state index contributed by atoms with van der Waals surface area (Å²) in [7, 11) is -3.30. The number of rotatable bonds is 11. The maximum absolute atomic E-state index is 13.0. The van der Waals surface area contributed by atoms with Crippen LogP contribution in [0.3, 0.4) is 0 Å². The quantitative estimate of drug-likeness (QED) is 0.294. The van der Waals surface area contributed by atoms with E-state index in [-0.39, 0.29) is 0 Å². The van der Waals surface area contributed by atoms with Crippen molar-refractivity contribution in [3.63, 3.8) is 0 Å². The zero-order chi connectivity index (χ0) is 24.7. The average molecular weight is 490 g/mol. The average Bonchev–Trinajstić information content (AvgIpc) is 3.24. The highest BCUT2D eigenvalue weighted by Crippen LogP contribution is 2.46. The Morgan fingerprint density at radius 1 is 1.06 bits per heavy atom. The number of fused-ring (bicyclic) bond motifs is 1. The summed E-state index contributed by atoms with van der Waals surface area (Å²) in [6.45, 7) is 5.49. The first-order valence-electron chi connectivity index (χ1n) is 11.6. The molecule has 2 heterocycles. The van der Waals surface area contributed by atoms with Crippen LogP contribution in [0.2, 0.25) is 0 Å². The Hall–Kier alpha value is -3.50. The Balaban J connectivity index is 1.56. The number of aromatic nitrogens is 3. The van der Waals surface area contributed by atoms with E-state index >= 15 is 0 Å². The molecule has 4 aromatic rings. The third kappa shape index (κ3) is 5.77. The minimum atomic E-state index is -3.30. The number of pyridine rings is 1. The maximum Gasteiger partial charge on any atom is 0.361 e. The van der Waals surface area contributed by atoms with E-state index in [1.807, 2.05) is 48.7 Å². The van der Waals surface area contributed by atoms with Gasteiger partial charge in [0.25, 0.3) is 0 Å². The molecule has 180 valence electrons. The molecule has 0 atom stereocenters. The third-order valence-electron chi connectivity index (χ3n) is 5.53. The molecule has 9 heteroatoms. The Bertz CT molecular complexity index is 1350. The second kappa shape index (κ2) is 11.3. The Morgan fingerprint density at radius 2 is 1.83 bits per heavy atom. The lowest BCUT2D eigenvalue weighted by Crippen LogP contribution is -2.12. The summed E-state index contributed by atoms with van der Waals surface area (Å²) in [5.41, 5.74) is 4.42. The van der Waals surface area contributed by atoms with Crippen molar-refractivity contribution < 1.29 is 13.6 Å². The number of nitriles is 1. The largest absolute Gasteiger partial charge is 0.361 e. The van der Waals surface area contributed by atoms with Gasteiger partial charge >= 0.3 is 7.60 Å². The van der Waals surface area contributed by atoms with Gasteiger partial charge in [-0.25, -0.2) is 4.98 Å². The van der Waals surface area contributed by atoms with E-state index in [0.717, 1.165) is 34.5 Å². The molecular formula is C26H28N5O3P. The maximum atomic E-state index is 13.0. The Labute approximate surface area is 205 Å². The molecular weight excluding hydrogens is 461 g/mol. The van der Waals surface area contributed by atoms with Crippen LogP contribution in [0.1, 0.15) is 30.5 Å². The standard InChI is InChI=1S/C26H28N5O3P/c1-3-33-35(32,34-4-2)23-10-7-20(8-11-23)13-15-31-25-12-9-21(17-27)16-24(25)30-26(31)29-19-22-6-5-14-28-18-22/h5-12,14,16,18H,3-4,13,15,19H2,1-2H3,(H,29,30). The summed E-state index contributed by atoms with van der Waals surface area (Å²) in [5.74, 6) is 0.729. The van der Waals surface area contributed by atoms with Crippen LogP contribution in [0.5, 0.6) is 0 Å². The highest BCUT2D eigenvalue weighted by molar-refractivity contribution is 7.62. The van der Waals surface area contributed by atoms with Crippen molar-refractivity contribution in [3.05, 3.63) is 83.7 Å². The zero-order valence-electron chi connectivity index (χ0n) is 19.8. The summed E-state index contributed by atoms with van der Waals surface area (Å²) in [6.07, 6.45) is 4.30. The Kier molecular flexibility index (Phi) is 7.94. The van der Waals surface area contributed by atoms with Crippen molar-refractivity contribution in [1.82, 2.24) is 14.5 Å². The zero-order valence-corrected chi connectivity index (χ0v) is 20.7. The number of anilines is 1. The normalized spacial score (nSPS) is 11.5. The van der Waals surface area contributed by atoms with Gasteiger partial charge in [0.2, 0.25) is 5.95 Å². The van der Waals surface area contributed by atoms with Crippen molar-refractivity contribution in [3.8, 4) is 6.07 Å². The molecule has 0 aliphatic carbocycles. The first-order chi connectivity index (χ1) is 17.1. The van der Waals surface area contributed by atoms with Crippen molar-refractivity contribution in [2.45, 2.75) is 33.4 Å². The van der Waals surface area contributed by atoms with E-state index in [0.29, 0.717) is 37.2 Å². The van der Waals surface area contributed by atoms with Crippen LogP contribution in [-0.2, 0) is 33.1 Å². The minimum absolute atomic E-state index is 0.315. The van der Waals surface area contributed by atoms with E-state index in [1.54, 1.807) is 32.2 Å². The van der Waals surface area contributed by atoms with Gasteiger partial charge in [-0.15, -0.1) is 0 Å². The van der Waals surface area contributed by atoms with Crippen molar-refractivity contribution >= 4 is 29.9 Å². The van der Waals surface area contributed by atoms with Crippen LogP contribution in [-0.4, -0.2) is 27.7 Å². The molecule has 0 spiro atoms. The van der Waals surface area contributed by atoms with Gasteiger partial charge in [-0.05, 0) is 67.8 Å². The summed E-state index contributed by atoms with van der Waals surface area (Å²) < 4.78 is 26.0. The molecule has 0 aliphatic rings. The van der Waals surface area contributed by atoms with E-state index in [1.165, 1.54) is 0 Å². The Morgan fingerprint density at radius 3 is 2.49 bits per heavy atom. The lowest BCUT2D eigenvalue weighted by atomic mass is 10.1. The first-order valence-corrected chi connectivity index (χ1v) is 13.1. The van der Waals surface area contributed by atoms with E-state index < -0.39 is 7.60 Å². The van der Waals surface area contributed by atoms with Gasteiger partial charge < -0.3 is 18.9 Å². The molecule has 0 saturated heterocycles. The molecule has 8 nitrogen and oxygen atoms in total. The lowest BCUT2D eigenvalue weighted by molar-refractivity contribution is 0.230. The van der Waals surface area contributed by atoms with Gasteiger partial charge in [0, 0.05) is 25.5 Å². The molecule has 2 aromatic carbocycles. The topological polar surface area (TPSA) is 102 Å². The number of hydrogen-bond donors (Lipinski definition) is 1. The van der Waals surface area contributed by atoms with Gasteiger partial charge in [-0.2, -0.15) is 5.26 Å². The second-order valence-electron chi connectivity index (χ2n) is 7.87. The summed E-state index contributed by atoms with van der Waals surface area (Å²) >= 11 is 0. The number of hydrogen-bond acceptors (Lipinski definition) is 7. The molecule has 0 amide bonds. The van der Waals surface area contributed by atoms with Gasteiger partial charge in [0.15, 0.2) is 0 Å². The molecule has 0 saturated carbocycles. The molecule has 35 heavy (non-hydrogen) atoms. The van der Waals surface area contributed by atoms with Crippen LogP contribution in [0.4, 0.5) is 5.95 Å². The SMILES string of the molecule is CCOP(=O)(OCC)c1ccc(CCn2c(NCc3cccnc3)nc3cc(C#N)ccc32)cc1.